The molecule has 1 aliphatic heterocycles. The van der Waals surface area contributed by atoms with Crippen molar-refractivity contribution in [1.82, 2.24) is 4.90 Å². The molecule has 1 saturated heterocycles. The smallest absolute Gasteiger partial charge is 0.332 e. The molecular weight excluding hydrogens is 481 g/mol. The van der Waals surface area contributed by atoms with E-state index in [1.807, 2.05) is 0 Å². The van der Waals surface area contributed by atoms with E-state index in [0.29, 0.717) is 28.5 Å². The van der Waals surface area contributed by atoms with Crippen LogP contribution in [0.15, 0.2) is 66.7 Å². The van der Waals surface area contributed by atoms with Gasteiger partial charge in [0, 0.05) is 12.2 Å². The second-order valence-electron chi connectivity index (χ2n) is 8.25. The van der Waals surface area contributed by atoms with E-state index in [1.54, 1.807) is 42.5 Å². The van der Waals surface area contributed by atoms with Gasteiger partial charge in [0.1, 0.15) is 17.6 Å². The van der Waals surface area contributed by atoms with Crippen LogP contribution in [0.3, 0.4) is 0 Å². The summed E-state index contributed by atoms with van der Waals surface area (Å²) in [5.41, 5.74) is 1.40. The predicted octanol–water partition coefficient (Wildman–Crippen LogP) is 4.22. The third-order valence-electron chi connectivity index (χ3n) is 5.96. The van der Waals surface area contributed by atoms with Crippen molar-refractivity contribution < 1.29 is 33.0 Å². The van der Waals surface area contributed by atoms with Crippen molar-refractivity contribution in [1.29, 1.82) is 0 Å². The molecular formula is C27H26FN3O6. The van der Waals surface area contributed by atoms with Gasteiger partial charge in [-0.3, -0.25) is 9.59 Å². The van der Waals surface area contributed by atoms with Crippen LogP contribution in [0.4, 0.5) is 20.6 Å². The summed E-state index contributed by atoms with van der Waals surface area (Å²) in [5, 5.41) is 2.75. The van der Waals surface area contributed by atoms with E-state index < -0.39 is 29.7 Å². The Morgan fingerprint density at radius 3 is 2.19 bits per heavy atom. The van der Waals surface area contributed by atoms with E-state index in [4.69, 9.17) is 14.2 Å². The SMILES string of the molecule is COc1ccc(NC(=O)CC2C(=O)N(c3ccc(F)cc3)C(=O)N2Cc2ccc(OC)c(OC)c2)cc1. The fourth-order valence-corrected chi connectivity index (χ4v) is 4.08. The lowest BCUT2D eigenvalue weighted by Gasteiger charge is -2.22. The molecule has 192 valence electrons. The number of carbonyl (C=O) groups excluding carboxylic acids is 3. The Morgan fingerprint density at radius 2 is 1.57 bits per heavy atom. The Hall–Kier alpha value is -4.60. The van der Waals surface area contributed by atoms with Gasteiger partial charge >= 0.3 is 6.03 Å². The number of urea groups is 1. The summed E-state index contributed by atoms with van der Waals surface area (Å²) in [6.07, 6.45) is -0.276. The first kappa shape index (κ1) is 25.5. The summed E-state index contributed by atoms with van der Waals surface area (Å²) >= 11 is 0. The zero-order chi connectivity index (χ0) is 26.5. The lowest BCUT2D eigenvalue weighted by atomic mass is 10.1. The number of halogens is 1. The summed E-state index contributed by atoms with van der Waals surface area (Å²) in [7, 11) is 4.54. The van der Waals surface area contributed by atoms with Crippen molar-refractivity contribution in [2.75, 3.05) is 31.5 Å². The average Bonchev–Trinajstić information content (AvgIpc) is 3.13. The molecule has 0 aliphatic carbocycles. The number of nitrogens with one attached hydrogen (secondary N) is 1. The first-order chi connectivity index (χ1) is 17.8. The maximum atomic E-state index is 13.5. The highest BCUT2D eigenvalue weighted by molar-refractivity contribution is 6.22. The molecule has 0 spiro atoms. The van der Waals surface area contributed by atoms with Crippen molar-refractivity contribution in [3.05, 3.63) is 78.1 Å². The number of ether oxygens (including phenoxy) is 3. The van der Waals surface area contributed by atoms with Gasteiger partial charge in [0.25, 0.3) is 5.91 Å². The van der Waals surface area contributed by atoms with Crippen LogP contribution in [-0.4, -0.2) is 50.1 Å². The molecule has 0 bridgehead atoms. The van der Waals surface area contributed by atoms with Gasteiger partial charge in [-0.15, -0.1) is 0 Å². The van der Waals surface area contributed by atoms with E-state index in [9.17, 15) is 18.8 Å². The van der Waals surface area contributed by atoms with E-state index in [0.717, 1.165) is 17.0 Å². The van der Waals surface area contributed by atoms with Gasteiger partial charge in [-0.1, -0.05) is 6.07 Å². The van der Waals surface area contributed by atoms with Crippen LogP contribution in [0, 0.1) is 5.82 Å². The molecule has 1 unspecified atom stereocenters. The van der Waals surface area contributed by atoms with Crippen LogP contribution in [-0.2, 0) is 16.1 Å². The van der Waals surface area contributed by atoms with Gasteiger partial charge in [-0.2, -0.15) is 0 Å². The van der Waals surface area contributed by atoms with E-state index in [1.165, 1.54) is 38.4 Å². The second-order valence-corrected chi connectivity index (χ2v) is 8.25. The normalized spacial score (nSPS) is 15.1. The third-order valence-corrected chi connectivity index (χ3v) is 5.96. The molecule has 1 N–H and O–H groups in total. The zero-order valence-electron chi connectivity index (χ0n) is 20.6. The van der Waals surface area contributed by atoms with Crippen LogP contribution in [0.25, 0.3) is 0 Å². The number of amides is 4. The molecule has 1 atom stereocenters. The number of hydrogen-bond acceptors (Lipinski definition) is 6. The fraction of sp³-hybridized carbons (Fsp3) is 0.222. The highest BCUT2D eigenvalue weighted by Crippen LogP contribution is 2.32. The molecule has 0 radical (unpaired) electrons. The Kier molecular flexibility index (Phi) is 7.57. The molecule has 0 saturated carbocycles. The second kappa shape index (κ2) is 11.0. The third kappa shape index (κ3) is 5.48. The highest BCUT2D eigenvalue weighted by atomic mass is 19.1. The van der Waals surface area contributed by atoms with Crippen molar-refractivity contribution in [2.45, 2.75) is 19.0 Å². The Bertz CT molecular complexity index is 1300. The fourth-order valence-electron chi connectivity index (χ4n) is 4.08. The van der Waals surface area contributed by atoms with Gasteiger partial charge in [0.15, 0.2) is 11.5 Å². The number of rotatable bonds is 9. The van der Waals surface area contributed by atoms with Gasteiger partial charge in [0.05, 0.1) is 33.4 Å². The van der Waals surface area contributed by atoms with Crippen LogP contribution in [0.5, 0.6) is 17.2 Å². The largest absolute Gasteiger partial charge is 0.497 e. The maximum absolute atomic E-state index is 13.5. The molecule has 37 heavy (non-hydrogen) atoms. The molecule has 1 heterocycles. The summed E-state index contributed by atoms with van der Waals surface area (Å²) in [6, 6.07) is 15.2. The molecule has 4 rings (SSSR count). The van der Waals surface area contributed by atoms with Crippen LogP contribution < -0.4 is 24.4 Å². The number of methoxy groups -OCH3 is 3. The van der Waals surface area contributed by atoms with E-state index in [2.05, 4.69) is 5.32 Å². The monoisotopic (exact) mass is 507 g/mol. The molecule has 1 fully saturated rings. The Balaban J connectivity index is 1.61. The van der Waals surface area contributed by atoms with Crippen LogP contribution in [0.1, 0.15) is 12.0 Å². The number of imide groups is 1. The van der Waals surface area contributed by atoms with Crippen molar-refractivity contribution >= 4 is 29.2 Å². The van der Waals surface area contributed by atoms with Crippen molar-refractivity contribution in [3.8, 4) is 17.2 Å². The minimum absolute atomic E-state index is 0.0309. The molecule has 9 nitrogen and oxygen atoms in total. The molecule has 10 heteroatoms. The molecule has 3 aromatic carbocycles. The Morgan fingerprint density at radius 1 is 0.892 bits per heavy atom. The Labute approximate surface area is 213 Å². The average molecular weight is 508 g/mol. The van der Waals surface area contributed by atoms with Crippen LogP contribution >= 0.6 is 0 Å². The molecule has 4 amide bonds. The zero-order valence-corrected chi connectivity index (χ0v) is 20.6. The molecule has 0 aromatic heterocycles. The topological polar surface area (TPSA) is 97.4 Å². The summed E-state index contributed by atoms with van der Waals surface area (Å²) in [4.78, 5) is 42.1. The lowest BCUT2D eigenvalue weighted by Crippen LogP contribution is -2.37. The number of hydrogen-bond donors (Lipinski definition) is 1. The van der Waals surface area contributed by atoms with Gasteiger partial charge in [-0.05, 0) is 66.2 Å². The lowest BCUT2D eigenvalue weighted by molar-refractivity contribution is -0.124. The van der Waals surface area contributed by atoms with Gasteiger partial charge in [-0.25, -0.2) is 14.1 Å². The first-order valence-corrected chi connectivity index (χ1v) is 11.4. The van der Waals surface area contributed by atoms with Crippen LogP contribution in [0.2, 0.25) is 0 Å². The summed E-state index contributed by atoms with van der Waals surface area (Å²) in [6.45, 7) is 0.0309. The number of carbonyl (C=O) groups is 3. The van der Waals surface area contributed by atoms with Crippen molar-refractivity contribution in [2.24, 2.45) is 0 Å². The van der Waals surface area contributed by atoms with E-state index in [-0.39, 0.29) is 18.7 Å². The quantitative estimate of drug-likeness (QED) is 0.436. The minimum Gasteiger partial charge on any atom is -0.497 e. The predicted molar refractivity (Wildman–Crippen MR) is 134 cm³/mol. The standard InChI is InChI=1S/C27H26FN3O6/c1-35-21-11-7-19(8-12-21)29-25(32)15-22-26(33)31(20-9-5-18(28)6-10-20)27(34)30(22)16-17-4-13-23(36-2)24(14-17)37-3/h4-14,22H,15-16H2,1-3H3,(H,29,32). The number of anilines is 2. The summed E-state index contributed by atoms with van der Waals surface area (Å²) in [5.74, 6) is 0.0724. The molecule has 1 aliphatic rings. The van der Waals surface area contributed by atoms with E-state index >= 15 is 0 Å². The first-order valence-electron chi connectivity index (χ1n) is 11.4. The number of benzene rings is 3. The highest BCUT2D eigenvalue weighted by Gasteiger charge is 2.46. The number of nitrogens with zero attached hydrogens (tertiary/aromatic N) is 2. The van der Waals surface area contributed by atoms with Gasteiger partial charge in [0.2, 0.25) is 5.91 Å². The minimum atomic E-state index is -1.08. The maximum Gasteiger partial charge on any atom is 0.332 e. The van der Waals surface area contributed by atoms with Crippen molar-refractivity contribution in [3.63, 3.8) is 0 Å². The summed E-state index contributed by atoms with van der Waals surface area (Å²) < 4.78 is 29.2. The molecule has 3 aromatic rings. The van der Waals surface area contributed by atoms with Gasteiger partial charge < -0.3 is 24.4 Å².